The van der Waals surface area contributed by atoms with Crippen LogP contribution < -0.4 is 5.32 Å². The van der Waals surface area contributed by atoms with Gasteiger partial charge in [-0.2, -0.15) is 0 Å². The average molecular weight is 532 g/mol. The Labute approximate surface area is 231 Å². The number of hydrogen-bond donors (Lipinski definition) is 1. The minimum absolute atomic E-state index is 0.00833. The molecule has 1 fully saturated rings. The summed E-state index contributed by atoms with van der Waals surface area (Å²) in [6.07, 6.45) is 1.65. The summed E-state index contributed by atoms with van der Waals surface area (Å²) >= 11 is 6.17. The molecule has 2 atom stereocenters. The first kappa shape index (κ1) is 27.9. The van der Waals surface area contributed by atoms with Crippen molar-refractivity contribution in [2.75, 3.05) is 26.2 Å². The summed E-state index contributed by atoms with van der Waals surface area (Å²) in [5, 5.41) is 3.71. The minimum atomic E-state index is -0.0124. The van der Waals surface area contributed by atoms with Gasteiger partial charge in [-0.05, 0) is 48.1 Å². The Hall–Kier alpha value is -3.15. The average Bonchev–Trinajstić information content (AvgIpc) is 3.16. The Morgan fingerprint density at radius 1 is 0.842 bits per heavy atom. The second-order valence-electron chi connectivity index (χ2n) is 10.4. The first-order chi connectivity index (χ1) is 18.4. The lowest BCUT2D eigenvalue weighted by atomic mass is 9.97. The highest BCUT2D eigenvalue weighted by atomic mass is 35.5. The summed E-state index contributed by atoms with van der Waals surface area (Å²) in [5.41, 5.74) is 4.71. The molecule has 3 aromatic rings. The smallest absolute Gasteiger partial charge is 0.222 e. The van der Waals surface area contributed by atoms with E-state index in [0.717, 1.165) is 36.6 Å². The Kier molecular flexibility index (Phi) is 9.97. The first-order valence-electron chi connectivity index (χ1n) is 13.5. The van der Waals surface area contributed by atoms with Gasteiger partial charge < -0.3 is 10.2 Å². The summed E-state index contributed by atoms with van der Waals surface area (Å²) in [6.45, 7) is 7.66. The molecule has 1 aliphatic rings. The highest BCUT2D eigenvalue weighted by Crippen LogP contribution is 2.30. The van der Waals surface area contributed by atoms with Gasteiger partial charge in [-0.15, -0.1) is 0 Å². The van der Waals surface area contributed by atoms with Crippen molar-refractivity contribution in [1.29, 1.82) is 0 Å². The molecule has 3 aromatic carbocycles. The van der Waals surface area contributed by atoms with Crippen molar-refractivity contribution in [2.24, 2.45) is 5.92 Å². The monoisotopic (exact) mass is 531 g/mol. The van der Waals surface area contributed by atoms with Crippen molar-refractivity contribution in [3.8, 4) is 0 Å². The van der Waals surface area contributed by atoms with Crippen LogP contribution in [0.3, 0.4) is 0 Å². The molecule has 0 bridgehead atoms. The highest BCUT2D eigenvalue weighted by molar-refractivity contribution is 6.30. The minimum Gasteiger partial charge on any atom is -0.352 e. The number of hydrogen-bond acceptors (Lipinski definition) is 3. The highest BCUT2D eigenvalue weighted by Gasteiger charge is 2.27. The predicted molar refractivity (Wildman–Crippen MR) is 154 cm³/mol. The van der Waals surface area contributed by atoms with Gasteiger partial charge in [0.25, 0.3) is 0 Å². The zero-order valence-electron chi connectivity index (χ0n) is 22.4. The fraction of sp³-hybridized carbons (Fsp3) is 0.375. The van der Waals surface area contributed by atoms with Gasteiger partial charge in [-0.25, -0.2) is 0 Å². The van der Waals surface area contributed by atoms with E-state index in [0.29, 0.717) is 25.9 Å². The Balaban J connectivity index is 1.31. The number of nitrogens with zero attached hydrogens (tertiary/aromatic N) is 2. The molecule has 38 heavy (non-hydrogen) atoms. The van der Waals surface area contributed by atoms with Crippen molar-refractivity contribution < 1.29 is 9.59 Å². The van der Waals surface area contributed by atoms with Gasteiger partial charge in [0.1, 0.15) is 0 Å². The SMILES string of the molecule is Cc1ccc(CNC(=O)CC(C)CC(=O)N2CCCN(C(c3ccccc3)c3ccc(Cl)cc3)CC2)cc1. The molecule has 1 N–H and O–H groups in total. The number of carbonyl (C=O) groups is 2. The Bertz CT molecular complexity index is 1180. The van der Waals surface area contributed by atoms with Gasteiger partial charge in [0, 0.05) is 50.6 Å². The van der Waals surface area contributed by atoms with E-state index in [4.69, 9.17) is 11.6 Å². The summed E-state index contributed by atoms with van der Waals surface area (Å²) in [4.78, 5) is 30.1. The van der Waals surface area contributed by atoms with E-state index in [-0.39, 0.29) is 23.8 Å². The Morgan fingerprint density at radius 2 is 1.53 bits per heavy atom. The largest absolute Gasteiger partial charge is 0.352 e. The third-order valence-electron chi connectivity index (χ3n) is 7.22. The van der Waals surface area contributed by atoms with Crippen LogP contribution in [-0.4, -0.2) is 47.8 Å². The van der Waals surface area contributed by atoms with E-state index in [1.165, 1.54) is 16.7 Å². The summed E-state index contributed by atoms with van der Waals surface area (Å²) in [7, 11) is 0. The normalized spacial score (nSPS) is 15.9. The fourth-order valence-electron chi connectivity index (χ4n) is 5.13. The van der Waals surface area contributed by atoms with Crippen molar-refractivity contribution >= 4 is 23.4 Å². The van der Waals surface area contributed by atoms with Crippen LogP contribution in [0.15, 0.2) is 78.9 Å². The molecule has 2 unspecified atom stereocenters. The van der Waals surface area contributed by atoms with Gasteiger partial charge in [0.15, 0.2) is 0 Å². The maximum atomic E-state index is 13.2. The van der Waals surface area contributed by atoms with E-state index < -0.39 is 0 Å². The molecule has 0 radical (unpaired) electrons. The molecule has 0 aromatic heterocycles. The number of amides is 2. The number of nitrogens with one attached hydrogen (secondary N) is 1. The number of carbonyl (C=O) groups excluding carboxylic acids is 2. The number of benzene rings is 3. The maximum Gasteiger partial charge on any atom is 0.222 e. The third-order valence-corrected chi connectivity index (χ3v) is 7.47. The van der Waals surface area contributed by atoms with Crippen LogP contribution in [0.1, 0.15) is 54.5 Å². The summed E-state index contributed by atoms with van der Waals surface area (Å²) in [5.74, 6) is 0.112. The van der Waals surface area contributed by atoms with Crippen LogP contribution in [0.4, 0.5) is 0 Å². The van der Waals surface area contributed by atoms with Gasteiger partial charge in [-0.1, -0.05) is 90.8 Å². The molecule has 1 heterocycles. The molecule has 0 spiro atoms. The molecule has 200 valence electrons. The first-order valence-corrected chi connectivity index (χ1v) is 13.9. The lowest BCUT2D eigenvalue weighted by molar-refractivity contribution is -0.132. The van der Waals surface area contributed by atoms with Crippen molar-refractivity contribution in [3.05, 3.63) is 106 Å². The maximum absolute atomic E-state index is 13.2. The van der Waals surface area contributed by atoms with E-state index in [1.54, 1.807) is 0 Å². The second kappa shape index (κ2) is 13.6. The van der Waals surface area contributed by atoms with E-state index >= 15 is 0 Å². The second-order valence-corrected chi connectivity index (χ2v) is 10.8. The molecular weight excluding hydrogens is 494 g/mol. The van der Waals surface area contributed by atoms with Crippen LogP contribution in [0.25, 0.3) is 0 Å². The fourth-order valence-corrected chi connectivity index (χ4v) is 5.26. The van der Waals surface area contributed by atoms with E-state index in [1.807, 2.05) is 61.2 Å². The molecular formula is C32H38ClN3O2. The molecule has 0 saturated carbocycles. The van der Waals surface area contributed by atoms with Crippen LogP contribution in [0.2, 0.25) is 5.02 Å². The van der Waals surface area contributed by atoms with Crippen LogP contribution in [0, 0.1) is 12.8 Å². The number of rotatable bonds is 9. The molecule has 6 heteroatoms. The number of aryl methyl sites for hydroxylation is 1. The molecule has 4 rings (SSSR count). The quantitative estimate of drug-likeness (QED) is 0.368. The van der Waals surface area contributed by atoms with E-state index in [2.05, 4.69) is 46.6 Å². The zero-order chi connectivity index (χ0) is 26.9. The van der Waals surface area contributed by atoms with Crippen LogP contribution >= 0.6 is 11.6 Å². The summed E-state index contributed by atoms with van der Waals surface area (Å²) in [6, 6.07) is 26.9. The van der Waals surface area contributed by atoms with E-state index in [9.17, 15) is 9.59 Å². The van der Waals surface area contributed by atoms with Gasteiger partial charge >= 0.3 is 0 Å². The van der Waals surface area contributed by atoms with Crippen molar-refractivity contribution in [1.82, 2.24) is 15.1 Å². The topological polar surface area (TPSA) is 52.7 Å². The van der Waals surface area contributed by atoms with Crippen LogP contribution in [0.5, 0.6) is 0 Å². The van der Waals surface area contributed by atoms with Gasteiger partial charge in [0.05, 0.1) is 6.04 Å². The molecule has 2 amide bonds. The molecule has 1 aliphatic heterocycles. The summed E-state index contributed by atoms with van der Waals surface area (Å²) < 4.78 is 0. The molecule has 5 nitrogen and oxygen atoms in total. The van der Waals surface area contributed by atoms with Crippen molar-refractivity contribution in [3.63, 3.8) is 0 Å². The lowest BCUT2D eigenvalue weighted by Crippen LogP contribution is -2.37. The predicted octanol–water partition coefficient (Wildman–Crippen LogP) is 6.00. The standard InChI is InChI=1S/C32H38ClN3O2/c1-24-9-11-26(12-10-24)23-34-30(37)21-25(2)22-31(38)35-17-6-18-36(20-19-35)32(27-7-4-3-5-8-27)28-13-15-29(33)16-14-28/h3-5,7-16,25,32H,6,17-23H2,1-2H3,(H,34,37). The molecule has 0 aliphatic carbocycles. The van der Waals surface area contributed by atoms with Gasteiger partial charge in [0.2, 0.25) is 11.8 Å². The molecule has 1 saturated heterocycles. The Morgan fingerprint density at radius 3 is 2.24 bits per heavy atom. The zero-order valence-corrected chi connectivity index (χ0v) is 23.2. The lowest BCUT2D eigenvalue weighted by Gasteiger charge is -2.31. The van der Waals surface area contributed by atoms with Crippen LogP contribution in [-0.2, 0) is 16.1 Å². The van der Waals surface area contributed by atoms with Gasteiger partial charge in [-0.3, -0.25) is 14.5 Å². The number of halogens is 1. The van der Waals surface area contributed by atoms with Crippen molar-refractivity contribution in [2.45, 2.75) is 45.7 Å². The third kappa shape index (κ3) is 7.92.